The summed E-state index contributed by atoms with van der Waals surface area (Å²) in [5.74, 6) is -1.33. The first kappa shape index (κ1) is 22.5. The molecule has 2 heterocycles. The first-order valence-corrected chi connectivity index (χ1v) is 9.66. The molecule has 0 N–H and O–H groups in total. The van der Waals surface area contributed by atoms with Crippen molar-refractivity contribution in [3.8, 4) is 34.6 Å². The lowest BCUT2D eigenvalue weighted by Gasteiger charge is -2.12. The van der Waals surface area contributed by atoms with Crippen LogP contribution in [-0.2, 0) is 6.18 Å². The molecule has 34 heavy (non-hydrogen) atoms. The standard InChI is InChI=1S/C23H14F3N5O3/c1-33-20-11-10-19(29-30-20)31-21(23(24,25)26)18(13-28-31)22(32)34-17-8-6-16(7-9-17)15-4-2-14(12-27)3-5-15/h2-11,13H,1H3. The van der Waals surface area contributed by atoms with E-state index >= 15 is 0 Å². The molecule has 0 spiro atoms. The van der Waals surface area contributed by atoms with Crippen LogP contribution in [0, 0.1) is 11.3 Å². The second kappa shape index (κ2) is 9.03. The fourth-order valence-corrected chi connectivity index (χ4v) is 3.09. The van der Waals surface area contributed by atoms with Gasteiger partial charge in [0.2, 0.25) is 5.88 Å². The fraction of sp³-hybridized carbons (Fsp3) is 0.0870. The number of methoxy groups -OCH3 is 1. The third-order valence-corrected chi connectivity index (χ3v) is 4.72. The van der Waals surface area contributed by atoms with E-state index in [4.69, 9.17) is 14.7 Å². The minimum atomic E-state index is -4.92. The predicted octanol–water partition coefficient (Wildman–Crippen LogP) is 4.45. The number of alkyl halides is 3. The quantitative estimate of drug-likeness (QED) is 0.317. The Morgan fingerprint density at radius 1 is 0.971 bits per heavy atom. The van der Waals surface area contributed by atoms with E-state index in [-0.39, 0.29) is 17.4 Å². The van der Waals surface area contributed by atoms with Gasteiger partial charge in [0.25, 0.3) is 0 Å². The fourth-order valence-electron chi connectivity index (χ4n) is 3.09. The highest BCUT2D eigenvalue weighted by atomic mass is 19.4. The molecule has 4 aromatic rings. The van der Waals surface area contributed by atoms with Crippen molar-refractivity contribution in [3.63, 3.8) is 0 Å². The maximum Gasteiger partial charge on any atom is 0.434 e. The van der Waals surface area contributed by atoms with Gasteiger partial charge in [-0.25, -0.2) is 9.48 Å². The van der Waals surface area contributed by atoms with Crippen LogP contribution in [0.3, 0.4) is 0 Å². The molecular formula is C23H14F3N5O3. The normalized spacial score (nSPS) is 11.0. The molecule has 0 aliphatic rings. The van der Waals surface area contributed by atoms with Crippen molar-refractivity contribution in [2.75, 3.05) is 7.11 Å². The van der Waals surface area contributed by atoms with Crippen LogP contribution >= 0.6 is 0 Å². The summed E-state index contributed by atoms with van der Waals surface area (Å²) in [4.78, 5) is 12.6. The van der Waals surface area contributed by atoms with E-state index in [0.717, 1.165) is 17.3 Å². The second-order valence-corrected chi connectivity index (χ2v) is 6.85. The van der Waals surface area contributed by atoms with E-state index < -0.39 is 23.4 Å². The van der Waals surface area contributed by atoms with Gasteiger partial charge in [-0.15, -0.1) is 10.2 Å². The minimum absolute atomic E-state index is 0.0486. The van der Waals surface area contributed by atoms with E-state index in [1.54, 1.807) is 36.4 Å². The summed E-state index contributed by atoms with van der Waals surface area (Å²) < 4.78 is 51.9. The van der Waals surface area contributed by atoms with E-state index in [1.165, 1.54) is 31.4 Å². The number of benzene rings is 2. The molecule has 0 aliphatic heterocycles. The summed E-state index contributed by atoms with van der Waals surface area (Å²) in [6.07, 6.45) is -4.16. The molecule has 2 aromatic carbocycles. The molecule has 2 aromatic heterocycles. The van der Waals surface area contributed by atoms with Crippen molar-refractivity contribution in [2.45, 2.75) is 6.18 Å². The summed E-state index contributed by atoms with van der Waals surface area (Å²) >= 11 is 0. The number of carbonyl (C=O) groups is 1. The van der Waals surface area contributed by atoms with Crippen molar-refractivity contribution in [1.29, 1.82) is 5.26 Å². The lowest BCUT2D eigenvalue weighted by Crippen LogP contribution is -2.20. The van der Waals surface area contributed by atoms with Crippen molar-refractivity contribution >= 4 is 5.97 Å². The molecule has 0 saturated carbocycles. The van der Waals surface area contributed by atoms with Crippen molar-refractivity contribution < 1.29 is 27.4 Å². The Labute approximate surface area is 190 Å². The van der Waals surface area contributed by atoms with E-state index in [2.05, 4.69) is 15.3 Å². The first-order chi connectivity index (χ1) is 16.3. The second-order valence-electron chi connectivity index (χ2n) is 6.85. The zero-order valence-electron chi connectivity index (χ0n) is 17.4. The highest BCUT2D eigenvalue weighted by molar-refractivity contribution is 5.92. The largest absolute Gasteiger partial charge is 0.480 e. The van der Waals surface area contributed by atoms with Crippen LogP contribution < -0.4 is 9.47 Å². The van der Waals surface area contributed by atoms with Crippen LogP contribution in [-0.4, -0.2) is 33.1 Å². The monoisotopic (exact) mass is 465 g/mol. The molecule has 0 bridgehead atoms. The van der Waals surface area contributed by atoms with Gasteiger partial charge in [0.1, 0.15) is 11.3 Å². The van der Waals surface area contributed by atoms with Crippen molar-refractivity contribution in [2.24, 2.45) is 0 Å². The smallest absolute Gasteiger partial charge is 0.434 e. The molecule has 0 aliphatic carbocycles. The highest BCUT2D eigenvalue weighted by Gasteiger charge is 2.41. The molecule has 8 nitrogen and oxygen atoms in total. The van der Waals surface area contributed by atoms with Crippen LogP contribution in [0.2, 0.25) is 0 Å². The topological polar surface area (TPSA) is 103 Å². The molecule has 0 saturated heterocycles. The van der Waals surface area contributed by atoms with Crippen LogP contribution in [0.5, 0.6) is 11.6 Å². The van der Waals surface area contributed by atoms with Gasteiger partial charge in [0.15, 0.2) is 11.5 Å². The van der Waals surface area contributed by atoms with Gasteiger partial charge in [-0.05, 0) is 41.5 Å². The number of esters is 1. The molecule has 170 valence electrons. The Kier molecular flexibility index (Phi) is 5.97. The molecule has 4 rings (SSSR count). The Hall–Kier alpha value is -4.72. The maximum atomic E-state index is 13.8. The van der Waals surface area contributed by atoms with E-state index in [9.17, 15) is 18.0 Å². The minimum Gasteiger partial charge on any atom is -0.480 e. The molecule has 11 heteroatoms. The molecule has 0 unspecified atom stereocenters. The van der Waals surface area contributed by atoms with Crippen molar-refractivity contribution in [1.82, 2.24) is 20.0 Å². The zero-order valence-corrected chi connectivity index (χ0v) is 17.4. The van der Waals surface area contributed by atoms with Crippen LogP contribution in [0.25, 0.3) is 16.9 Å². The van der Waals surface area contributed by atoms with Gasteiger partial charge >= 0.3 is 12.1 Å². The van der Waals surface area contributed by atoms with Crippen LogP contribution in [0.15, 0.2) is 66.9 Å². The third kappa shape index (κ3) is 4.56. The highest BCUT2D eigenvalue weighted by Crippen LogP contribution is 2.34. The number of halogens is 3. The Bertz CT molecular complexity index is 1360. The van der Waals surface area contributed by atoms with Crippen LogP contribution in [0.4, 0.5) is 13.2 Å². The van der Waals surface area contributed by atoms with Crippen LogP contribution in [0.1, 0.15) is 21.6 Å². The van der Waals surface area contributed by atoms with Gasteiger partial charge in [-0.3, -0.25) is 0 Å². The number of nitrogens with zero attached hydrogens (tertiary/aromatic N) is 5. The molecule has 0 amide bonds. The van der Waals surface area contributed by atoms with Gasteiger partial charge in [-0.1, -0.05) is 24.3 Å². The Morgan fingerprint density at radius 3 is 2.15 bits per heavy atom. The van der Waals surface area contributed by atoms with Gasteiger partial charge in [0, 0.05) is 6.07 Å². The van der Waals surface area contributed by atoms with Gasteiger partial charge in [-0.2, -0.15) is 23.5 Å². The summed E-state index contributed by atoms with van der Waals surface area (Å²) in [5.41, 5.74) is -0.0207. The SMILES string of the molecule is COc1ccc(-n2ncc(C(=O)Oc3ccc(-c4ccc(C#N)cc4)cc3)c2C(F)(F)F)nn1. The molecule has 0 fully saturated rings. The Balaban J connectivity index is 1.59. The number of rotatable bonds is 5. The maximum absolute atomic E-state index is 13.8. The van der Waals surface area contributed by atoms with Crippen molar-refractivity contribution in [3.05, 3.63) is 83.7 Å². The van der Waals surface area contributed by atoms with E-state index in [1.807, 2.05) is 6.07 Å². The summed E-state index contributed by atoms with van der Waals surface area (Å²) in [7, 11) is 1.34. The average molecular weight is 465 g/mol. The molecular weight excluding hydrogens is 451 g/mol. The first-order valence-electron chi connectivity index (χ1n) is 9.66. The average Bonchev–Trinajstić information content (AvgIpc) is 3.31. The molecule has 0 radical (unpaired) electrons. The Morgan fingerprint density at radius 2 is 1.62 bits per heavy atom. The van der Waals surface area contributed by atoms with E-state index in [0.29, 0.717) is 10.2 Å². The lowest BCUT2D eigenvalue weighted by atomic mass is 10.0. The number of hydrogen-bond acceptors (Lipinski definition) is 7. The number of hydrogen-bond donors (Lipinski definition) is 0. The lowest BCUT2D eigenvalue weighted by molar-refractivity contribution is -0.143. The number of nitriles is 1. The number of ether oxygens (including phenoxy) is 2. The zero-order chi connectivity index (χ0) is 24.3. The summed E-state index contributed by atoms with van der Waals surface area (Å²) in [6, 6.07) is 17.6. The van der Waals surface area contributed by atoms with Gasteiger partial charge in [0.05, 0.1) is 24.9 Å². The van der Waals surface area contributed by atoms with Gasteiger partial charge < -0.3 is 9.47 Å². The summed E-state index contributed by atoms with van der Waals surface area (Å²) in [5, 5.41) is 19.8. The number of carbonyl (C=O) groups excluding carboxylic acids is 1. The number of aromatic nitrogens is 4. The summed E-state index contributed by atoms with van der Waals surface area (Å²) in [6.45, 7) is 0. The third-order valence-electron chi connectivity index (χ3n) is 4.72. The molecule has 0 atom stereocenters. The predicted molar refractivity (Wildman–Crippen MR) is 112 cm³/mol.